The predicted molar refractivity (Wildman–Crippen MR) is 57.7 cm³/mol. The van der Waals surface area contributed by atoms with E-state index in [1.165, 1.54) is 0 Å². The van der Waals surface area contributed by atoms with Crippen LogP contribution in [0.2, 0.25) is 0 Å². The summed E-state index contributed by atoms with van der Waals surface area (Å²) in [6.45, 7) is 13.3. The summed E-state index contributed by atoms with van der Waals surface area (Å²) in [5.74, 6) is 0.201. The van der Waals surface area contributed by atoms with Gasteiger partial charge in [-0.05, 0) is 26.7 Å². The molecule has 0 spiro atoms. The van der Waals surface area contributed by atoms with Gasteiger partial charge >= 0.3 is 0 Å². The van der Waals surface area contributed by atoms with Gasteiger partial charge < -0.3 is 0 Å². The van der Waals surface area contributed by atoms with Crippen LogP contribution < -0.4 is 0 Å². The van der Waals surface area contributed by atoms with Crippen molar-refractivity contribution in [2.24, 2.45) is 5.41 Å². The summed E-state index contributed by atoms with van der Waals surface area (Å²) in [7, 11) is 0. The Morgan fingerprint density at radius 3 is 2.23 bits per heavy atom. The standard InChI is InChI=1S/C12H20O/c1-6-8-12(7-2,11(5)13)9-10(3)4/h7H,2-3,6,8-9H2,1,4-5H3. The first kappa shape index (κ1) is 12.2. The van der Waals surface area contributed by atoms with Gasteiger partial charge in [-0.25, -0.2) is 0 Å². The van der Waals surface area contributed by atoms with Crippen LogP contribution in [0.25, 0.3) is 0 Å². The second kappa shape index (κ2) is 5.00. The molecule has 0 saturated heterocycles. The first-order chi connectivity index (χ1) is 5.98. The van der Waals surface area contributed by atoms with E-state index >= 15 is 0 Å². The first-order valence-electron chi connectivity index (χ1n) is 4.77. The van der Waals surface area contributed by atoms with Crippen molar-refractivity contribution in [3.63, 3.8) is 0 Å². The average molecular weight is 180 g/mol. The Bertz CT molecular complexity index is 215. The Kier molecular flexibility index (Phi) is 4.68. The fourth-order valence-corrected chi connectivity index (χ4v) is 1.69. The highest BCUT2D eigenvalue weighted by Crippen LogP contribution is 2.33. The molecule has 13 heavy (non-hydrogen) atoms. The molecule has 1 heteroatoms. The average Bonchev–Trinajstić information content (AvgIpc) is 2.02. The fourth-order valence-electron chi connectivity index (χ4n) is 1.69. The van der Waals surface area contributed by atoms with Gasteiger partial charge in [0.15, 0.2) is 0 Å². The molecular formula is C12H20O. The van der Waals surface area contributed by atoms with Crippen LogP contribution in [0.15, 0.2) is 24.8 Å². The number of allylic oxidation sites excluding steroid dienone is 2. The third kappa shape index (κ3) is 3.17. The van der Waals surface area contributed by atoms with Crippen molar-refractivity contribution in [1.82, 2.24) is 0 Å². The van der Waals surface area contributed by atoms with E-state index < -0.39 is 0 Å². The SMILES string of the molecule is C=CC(CCC)(CC(=C)C)C(C)=O. The molecule has 0 aromatic heterocycles. The maximum absolute atomic E-state index is 11.5. The van der Waals surface area contributed by atoms with Crippen molar-refractivity contribution in [3.05, 3.63) is 24.8 Å². The van der Waals surface area contributed by atoms with E-state index in [2.05, 4.69) is 20.1 Å². The van der Waals surface area contributed by atoms with Crippen molar-refractivity contribution in [2.45, 2.75) is 40.0 Å². The van der Waals surface area contributed by atoms with E-state index in [0.29, 0.717) is 0 Å². The van der Waals surface area contributed by atoms with Gasteiger partial charge in [0.25, 0.3) is 0 Å². The van der Waals surface area contributed by atoms with Crippen LogP contribution in [-0.4, -0.2) is 5.78 Å². The lowest BCUT2D eigenvalue weighted by Crippen LogP contribution is -2.26. The van der Waals surface area contributed by atoms with Crippen LogP contribution in [0.5, 0.6) is 0 Å². The summed E-state index contributed by atoms with van der Waals surface area (Å²) >= 11 is 0. The Hall–Kier alpha value is -0.850. The van der Waals surface area contributed by atoms with Gasteiger partial charge in [-0.3, -0.25) is 4.79 Å². The highest BCUT2D eigenvalue weighted by atomic mass is 16.1. The molecular weight excluding hydrogens is 160 g/mol. The smallest absolute Gasteiger partial charge is 0.140 e. The summed E-state index contributed by atoms with van der Waals surface area (Å²) in [5, 5.41) is 0. The quantitative estimate of drug-likeness (QED) is 0.572. The zero-order valence-electron chi connectivity index (χ0n) is 9.02. The van der Waals surface area contributed by atoms with Crippen molar-refractivity contribution < 1.29 is 4.79 Å². The van der Waals surface area contributed by atoms with Gasteiger partial charge in [-0.2, -0.15) is 0 Å². The van der Waals surface area contributed by atoms with Crippen molar-refractivity contribution >= 4 is 5.78 Å². The number of hydrogen-bond acceptors (Lipinski definition) is 1. The van der Waals surface area contributed by atoms with Crippen molar-refractivity contribution in [1.29, 1.82) is 0 Å². The molecule has 0 saturated carbocycles. The number of ketones is 1. The maximum atomic E-state index is 11.5. The van der Waals surface area contributed by atoms with Gasteiger partial charge in [0.1, 0.15) is 5.78 Å². The molecule has 0 aliphatic carbocycles. The van der Waals surface area contributed by atoms with E-state index in [-0.39, 0.29) is 11.2 Å². The minimum absolute atomic E-state index is 0.201. The molecule has 0 aliphatic rings. The number of carbonyl (C=O) groups is 1. The number of hydrogen-bond donors (Lipinski definition) is 0. The molecule has 0 N–H and O–H groups in total. The van der Waals surface area contributed by atoms with Gasteiger partial charge in [0, 0.05) is 5.41 Å². The topological polar surface area (TPSA) is 17.1 Å². The molecule has 0 aromatic rings. The summed E-state index contributed by atoms with van der Waals surface area (Å²) in [6, 6.07) is 0. The van der Waals surface area contributed by atoms with Crippen LogP contribution in [0, 0.1) is 5.41 Å². The van der Waals surface area contributed by atoms with Gasteiger partial charge in [-0.1, -0.05) is 25.0 Å². The van der Waals surface area contributed by atoms with Crippen LogP contribution >= 0.6 is 0 Å². The lowest BCUT2D eigenvalue weighted by atomic mass is 9.75. The van der Waals surface area contributed by atoms with Crippen LogP contribution in [0.3, 0.4) is 0 Å². The van der Waals surface area contributed by atoms with Crippen LogP contribution in [-0.2, 0) is 4.79 Å². The third-order valence-corrected chi connectivity index (χ3v) is 2.41. The minimum atomic E-state index is -0.361. The molecule has 0 fully saturated rings. The summed E-state index contributed by atoms with van der Waals surface area (Å²) in [6.07, 6.45) is 4.39. The van der Waals surface area contributed by atoms with E-state index in [1.54, 1.807) is 13.0 Å². The lowest BCUT2D eigenvalue weighted by molar-refractivity contribution is -0.124. The molecule has 0 bridgehead atoms. The van der Waals surface area contributed by atoms with E-state index in [4.69, 9.17) is 0 Å². The monoisotopic (exact) mass is 180 g/mol. The third-order valence-electron chi connectivity index (χ3n) is 2.41. The van der Waals surface area contributed by atoms with E-state index in [0.717, 1.165) is 24.8 Å². The first-order valence-corrected chi connectivity index (χ1v) is 4.77. The number of Topliss-reactive ketones (excluding diaryl/α,β-unsaturated/α-hetero) is 1. The minimum Gasteiger partial charge on any atom is -0.299 e. The number of carbonyl (C=O) groups excluding carboxylic acids is 1. The molecule has 1 nitrogen and oxygen atoms in total. The van der Waals surface area contributed by atoms with Crippen LogP contribution in [0.4, 0.5) is 0 Å². The summed E-state index contributed by atoms with van der Waals surface area (Å²) < 4.78 is 0. The molecule has 74 valence electrons. The Balaban J connectivity index is 4.74. The summed E-state index contributed by atoms with van der Waals surface area (Å²) in [4.78, 5) is 11.5. The van der Waals surface area contributed by atoms with Gasteiger partial charge in [0.05, 0.1) is 0 Å². The Morgan fingerprint density at radius 1 is 1.46 bits per heavy atom. The molecule has 0 radical (unpaired) electrons. The zero-order chi connectivity index (χ0) is 10.5. The number of rotatable bonds is 6. The largest absolute Gasteiger partial charge is 0.299 e. The molecule has 0 amide bonds. The molecule has 1 atom stereocenters. The van der Waals surface area contributed by atoms with Gasteiger partial charge in [0.2, 0.25) is 0 Å². The highest BCUT2D eigenvalue weighted by molar-refractivity contribution is 5.84. The summed E-state index contributed by atoms with van der Waals surface area (Å²) in [5.41, 5.74) is 0.684. The van der Waals surface area contributed by atoms with Crippen molar-refractivity contribution in [3.8, 4) is 0 Å². The molecule has 0 heterocycles. The zero-order valence-corrected chi connectivity index (χ0v) is 9.02. The maximum Gasteiger partial charge on any atom is 0.140 e. The molecule has 0 rings (SSSR count). The second-order valence-electron chi connectivity index (χ2n) is 3.80. The lowest BCUT2D eigenvalue weighted by Gasteiger charge is -2.27. The van der Waals surface area contributed by atoms with Crippen molar-refractivity contribution in [2.75, 3.05) is 0 Å². The van der Waals surface area contributed by atoms with E-state index in [9.17, 15) is 4.79 Å². The Labute approximate surface area is 81.5 Å². The molecule has 1 unspecified atom stereocenters. The van der Waals surface area contributed by atoms with Crippen LogP contribution in [0.1, 0.15) is 40.0 Å². The highest BCUT2D eigenvalue weighted by Gasteiger charge is 2.30. The normalized spacial score (nSPS) is 14.7. The second-order valence-corrected chi connectivity index (χ2v) is 3.80. The molecule has 0 aliphatic heterocycles. The predicted octanol–water partition coefficient (Wildman–Crippen LogP) is 3.51. The fraction of sp³-hybridized carbons (Fsp3) is 0.583. The van der Waals surface area contributed by atoms with Gasteiger partial charge in [-0.15, -0.1) is 13.2 Å². The van der Waals surface area contributed by atoms with E-state index in [1.807, 2.05) is 6.92 Å². The Morgan fingerprint density at radius 2 is 2.00 bits per heavy atom. The molecule has 0 aromatic carbocycles.